The van der Waals surface area contributed by atoms with Crippen molar-refractivity contribution < 1.29 is 0 Å². The molecule has 0 spiro atoms. The molecule has 0 unspecified atom stereocenters. The fourth-order valence-corrected chi connectivity index (χ4v) is 3.08. The lowest BCUT2D eigenvalue weighted by Gasteiger charge is -2.39. The first-order chi connectivity index (χ1) is 9.66. The van der Waals surface area contributed by atoms with Gasteiger partial charge in [-0.05, 0) is 50.7 Å². The van der Waals surface area contributed by atoms with Gasteiger partial charge in [-0.25, -0.2) is 4.98 Å². The van der Waals surface area contributed by atoms with Crippen molar-refractivity contribution in [3.63, 3.8) is 0 Å². The molecule has 0 radical (unpaired) electrons. The van der Waals surface area contributed by atoms with Crippen molar-refractivity contribution in [3.8, 4) is 0 Å². The number of hydrogen-bond acceptors (Lipinski definition) is 3. The Labute approximate surface area is 134 Å². The summed E-state index contributed by atoms with van der Waals surface area (Å²) < 4.78 is 0. The van der Waals surface area contributed by atoms with Gasteiger partial charge in [-0.1, -0.05) is 25.4 Å². The zero-order chi connectivity index (χ0) is 15.7. The van der Waals surface area contributed by atoms with E-state index in [1.807, 2.05) is 12.3 Å². The number of hydrogen-bond donors (Lipinski definition) is 1. The molecule has 0 aromatic carbocycles. The van der Waals surface area contributed by atoms with Gasteiger partial charge in [0.2, 0.25) is 0 Å². The highest BCUT2D eigenvalue weighted by molar-refractivity contribution is 6.33. The quantitative estimate of drug-likeness (QED) is 0.904. The lowest BCUT2D eigenvalue weighted by atomic mass is 9.84. The Morgan fingerprint density at radius 1 is 1.38 bits per heavy atom. The monoisotopic (exact) mass is 309 g/mol. The van der Waals surface area contributed by atoms with Gasteiger partial charge in [-0.15, -0.1) is 0 Å². The van der Waals surface area contributed by atoms with E-state index in [0.717, 1.165) is 36.0 Å². The van der Waals surface area contributed by atoms with E-state index in [2.05, 4.69) is 49.8 Å². The van der Waals surface area contributed by atoms with Gasteiger partial charge < -0.3 is 10.2 Å². The van der Waals surface area contributed by atoms with Crippen LogP contribution in [0.1, 0.15) is 53.0 Å². The van der Waals surface area contributed by atoms with Gasteiger partial charge in [0.25, 0.3) is 0 Å². The topological polar surface area (TPSA) is 28.2 Å². The minimum atomic E-state index is 0.0992. The first-order valence-corrected chi connectivity index (χ1v) is 8.19. The van der Waals surface area contributed by atoms with Gasteiger partial charge in [0.15, 0.2) is 0 Å². The summed E-state index contributed by atoms with van der Waals surface area (Å²) in [7, 11) is 0. The third-order valence-corrected chi connectivity index (χ3v) is 4.18. The van der Waals surface area contributed by atoms with E-state index in [9.17, 15) is 0 Å². The molecule has 0 amide bonds. The van der Waals surface area contributed by atoms with E-state index in [-0.39, 0.29) is 5.54 Å². The van der Waals surface area contributed by atoms with Gasteiger partial charge in [-0.3, -0.25) is 0 Å². The third-order valence-electron chi connectivity index (χ3n) is 3.90. The van der Waals surface area contributed by atoms with Crippen LogP contribution in [0.15, 0.2) is 12.3 Å². The zero-order valence-corrected chi connectivity index (χ0v) is 14.7. The van der Waals surface area contributed by atoms with Crippen molar-refractivity contribution in [2.75, 3.05) is 18.0 Å². The molecule has 1 aromatic rings. The predicted octanol–water partition coefficient (Wildman–Crippen LogP) is 4.25. The Balaban J connectivity index is 2.09. The number of piperidine rings is 1. The fraction of sp³-hybridized carbons (Fsp3) is 0.706. The summed E-state index contributed by atoms with van der Waals surface area (Å²) in [6, 6.07) is 2.05. The van der Waals surface area contributed by atoms with Crippen LogP contribution in [-0.2, 0) is 6.54 Å². The largest absolute Gasteiger partial charge is 0.355 e. The van der Waals surface area contributed by atoms with Gasteiger partial charge in [-0.2, -0.15) is 0 Å². The summed E-state index contributed by atoms with van der Waals surface area (Å²) in [5.74, 6) is 0.934. The second-order valence-corrected chi connectivity index (χ2v) is 8.35. The molecule has 1 aliphatic rings. The van der Waals surface area contributed by atoms with Gasteiger partial charge >= 0.3 is 0 Å². The number of nitrogens with zero attached hydrogens (tertiary/aromatic N) is 2. The molecule has 1 fully saturated rings. The molecular formula is C17H28ClN3. The first kappa shape index (κ1) is 16.6. The fourth-order valence-electron chi connectivity index (χ4n) is 2.77. The number of halogens is 1. The smallest absolute Gasteiger partial charge is 0.147 e. The molecule has 1 aliphatic heterocycles. The van der Waals surface area contributed by atoms with E-state index in [0.29, 0.717) is 5.41 Å². The van der Waals surface area contributed by atoms with Crippen LogP contribution in [0.25, 0.3) is 0 Å². The molecule has 118 valence electrons. The lowest BCUT2D eigenvalue weighted by Crippen LogP contribution is -2.40. The molecular weight excluding hydrogens is 282 g/mol. The maximum Gasteiger partial charge on any atom is 0.147 e. The van der Waals surface area contributed by atoms with E-state index in [4.69, 9.17) is 11.6 Å². The second kappa shape index (κ2) is 6.13. The van der Waals surface area contributed by atoms with Crippen LogP contribution in [0.2, 0.25) is 5.02 Å². The van der Waals surface area contributed by atoms with Crippen LogP contribution in [-0.4, -0.2) is 23.6 Å². The number of pyridine rings is 1. The minimum Gasteiger partial charge on any atom is -0.355 e. The number of aromatic nitrogens is 1. The summed E-state index contributed by atoms with van der Waals surface area (Å²) in [6.07, 6.45) is 4.43. The summed E-state index contributed by atoms with van der Waals surface area (Å²) in [4.78, 5) is 6.95. The molecule has 0 aliphatic carbocycles. The normalized spacial score (nSPS) is 18.9. The van der Waals surface area contributed by atoms with E-state index >= 15 is 0 Å². The van der Waals surface area contributed by atoms with Gasteiger partial charge in [0.05, 0.1) is 5.02 Å². The van der Waals surface area contributed by atoms with E-state index < -0.39 is 0 Å². The van der Waals surface area contributed by atoms with Crippen molar-refractivity contribution >= 4 is 17.4 Å². The molecule has 4 heteroatoms. The number of rotatable bonds is 3. The van der Waals surface area contributed by atoms with Crippen molar-refractivity contribution in [2.24, 2.45) is 5.41 Å². The first-order valence-electron chi connectivity index (χ1n) is 7.81. The molecule has 2 heterocycles. The van der Waals surface area contributed by atoms with Crippen molar-refractivity contribution in [2.45, 2.75) is 59.5 Å². The van der Waals surface area contributed by atoms with E-state index in [1.54, 1.807) is 0 Å². The van der Waals surface area contributed by atoms with E-state index in [1.165, 1.54) is 12.8 Å². The highest BCUT2D eigenvalue weighted by Crippen LogP contribution is 2.33. The zero-order valence-electron chi connectivity index (χ0n) is 14.0. The van der Waals surface area contributed by atoms with Crippen LogP contribution in [0, 0.1) is 5.41 Å². The van der Waals surface area contributed by atoms with Gasteiger partial charge in [0, 0.05) is 31.4 Å². The summed E-state index contributed by atoms with van der Waals surface area (Å²) in [5.41, 5.74) is 1.58. The molecule has 21 heavy (non-hydrogen) atoms. The molecule has 2 rings (SSSR count). The maximum atomic E-state index is 6.47. The van der Waals surface area contributed by atoms with Crippen LogP contribution >= 0.6 is 11.6 Å². The Morgan fingerprint density at radius 2 is 2.10 bits per heavy atom. The molecule has 0 atom stereocenters. The number of nitrogens with one attached hydrogen (secondary N) is 1. The second-order valence-electron chi connectivity index (χ2n) is 7.94. The predicted molar refractivity (Wildman–Crippen MR) is 91.1 cm³/mol. The highest BCUT2D eigenvalue weighted by atomic mass is 35.5. The third kappa shape index (κ3) is 4.86. The molecule has 0 bridgehead atoms. The Hall–Kier alpha value is -0.800. The molecule has 1 N–H and O–H groups in total. The molecule has 1 aromatic heterocycles. The Morgan fingerprint density at radius 3 is 2.67 bits per heavy atom. The standard InChI is InChI=1S/C17H28ClN3/c1-16(2,3)20-11-13-9-14(18)15(19-10-13)21-8-6-7-17(4,5)12-21/h9-10,20H,6-8,11-12H2,1-5H3. The van der Waals surface area contributed by atoms with Crippen molar-refractivity contribution in [1.82, 2.24) is 10.3 Å². The average Bonchev–Trinajstić information content (AvgIpc) is 2.34. The average molecular weight is 310 g/mol. The Kier molecular flexibility index (Phi) is 4.84. The highest BCUT2D eigenvalue weighted by Gasteiger charge is 2.28. The molecule has 1 saturated heterocycles. The van der Waals surface area contributed by atoms with Crippen LogP contribution in [0.3, 0.4) is 0 Å². The van der Waals surface area contributed by atoms with Crippen molar-refractivity contribution in [1.29, 1.82) is 0 Å². The number of anilines is 1. The summed E-state index contributed by atoms with van der Waals surface area (Å²) in [5, 5.41) is 4.23. The minimum absolute atomic E-state index is 0.0992. The van der Waals surface area contributed by atoms with Crippen LogP contribution < -0.4 is 10.2 Å². The van der Waals surface area contributed by atoms with Gasteiger partial charge in [0.1, 0.15) is 5.82 Å². The van der Waals surface area contributed by atoms with Crippen LogP contribution in [0.4, 0.5) is 5.82 Å². The van der Waals surface area contributed by atoms with Crippen LogP contribution in [0.5, 0.6) is 0 Å². The maximum absolute atomic E-state index is 6.47. The van der Waals surface area contributed by atoms with Crippen molar-refractivity contribution in [3.05, 3.63) is 22.8 Å². The Bertz CT molecular complexity index is 491. The molecule has 0 saturated carbocycles. The molecule has 3 nitrogen and oxygen atoms in total. The summed E-state index contributed by atoms with van der Waals surface area (Å²) in [6.45, 7) is 14.0. The SMILES string of the molecule is CC1(C)CCCN(c2ncc(CNC(C)(C)C)cc2Cl)C1. The lowest BCUT2D eigenvalue weighted by molar-refractivity contribution is 0.292. The summed E-state index contributed by atoms with van der Waals surface area (Å²) >= 11 is 6.47.